The molecule has 1 aromatic carbocycles. The molecule has 0 spiro atoms. The summed E-state index contributed by atoms with van der Waals surface area (Å²) < 4.78 is 12.9. The van der Waals surface area contributed by atoms with Crippen LogP contribution in [0.1, 0.15) is 23.6 Å². The number of aromatic nitrogens is 2. The van der Waals surface area contributed by atoms with Gasteiger partial charge < -0.3 is 10.7 Å². The summed E-state index contributed by atoms with van der Waals surface area (Å²) >= 11 is 0. The molecule has 0 aliphatic carbocycles. The molecule has 0 bridgehead atoms. The Labute approximate surface area is 121 Å². The summed E-state index contributed by atoms with van der Waals surface area (Å²) in [6, 6.07) is 5.63. The zero-order valence-corrected chi connectivity index (χ0v) is 11.4. The summed E-state index contributed by atoms with van der Waals surface area (Å²) in [6.07, 6.45) is 4.76. The van der Waals surface area contributed by atoms with Crippen LogP contribution in [0.2, 0.25) is 0 Å². The highest BCUT2D eigenvalue weighted by molar-refractivity contribution is 5.70. The maximum atomic E-state index is 12.9. The molecule has 1 aromatic heterocycles. The summed E-state index contributed by atoms with van der Waals surface area (Å²) in [5.74, 6) is -0.166. The van der Waals surface area contributed by atoms with Gasteiger partial charge >= 0.3 is 6.03 Å². The van der Waals surface area contributed by atoms with Crippen molar-refractivity contribution >= 4 is 6.03 Å². The molecule has 2 rings (SSSR count). The molecule has 0 aliphatic heterocycles. The third-order valence-electron chi connectivity index (χ3n) is 3.07. The van der Waals surface area contributed by atoms with Crippen molar-refractivity contribution in [3.63, 3.8) is 0 Å². The zero-order chi connectivity index (χ0) is 15.1. The fraction of sp³-hybridized carbons (Fsp3) is 0.286. The third-order valence-corrected chi connectivity index (χ3v) is 3.07. The van der Waals surface area contributed by atoms with Crippen LogP contribution in [0, 0.1) is 5.82 Å². The Kier molecular flexibility index (Phi) is 5.28. The molecule has 1 heterocycles. The number of rotatable bonds is 7. The number of primary amides is 1. The monoisotopic (exact) mass is 292 g/mol. The average molecular weight is 292 g/mol. The number of amides is 2. The molecule has 112 valence electrons. The van der Waals surface area contributed by atoms with Crippen molar-refractivity contribution in [3.05, 3.63) is 53.9 Å². The van der Waals surface area contributed by atoms with Crippen LogP contribution in [-0.2, 0) is 11.3 Å². The Morgan fingerprint density at radius 2 is 2.19 bits per heavy atom. The van der Waals surface area contributed by atoms with Gasteiger partial charge in [-0.05, 0) is 30.5 Å². The van der Waals surface area contributed by atoms with E-state index in [-0.39, 0.29) is 11.7 Å². The number of aromatic amines is 1. The second-order valence-corrected chi connectivity index (χ2v) is 4.63. The van der Waals surface area contributed by atoms with Gasteiger partial charge in [-0.15, -0.1) is 0 Å². The van der Waals surface area contributed by atoms with E-state index in [2.05, 4.69) is 15.4 Å². The predicted octanol–water partition coefficient (Wildman–Crippen LogP) is 1.87. The molecule has 1 atom stereocenters. The molecule has 0 aliphatic rings. The number of hydroxylamine groups is 1. The van der Waals surface area contributed by atoms with Crippen LogP contribution in [0.25, 0.3) is 0 Å². The van der Waals surface area contributed by atoms with Crippen LogP contribution in [0.4, 0.5) is 9.18 Å². The van der Waals surface area contributed by atoms with Gasteiger partial charge in [-0.3, -0.25) is 4.84 Å². The van der Waals surface area contributed by atoms with Crippen molar-refractivity contribution in [2.75, 3.05) is 6.61 Å². The standard InChI is InChI=1S/C14H17FN4O2/c15-12-3-1-10(2-4-12)7-11(13-8-17-9-18-13)5-6-21-19-14(16)20/h1-4,8-9,11H,5-7H2,(H,17,18)(H3,16,19,20). The van der Waals surface area contributed by atoms with Crippen molar-refractivity contribution in [2.45, 2.75) is 18.8 Å². The van der Waals surface area contributed by atoms with Gasteiger partial charge in [0.1, 0.15) is 5.82 Å². The zero-order valence-electron chi connectivity index (χ0n) is 11.4. The van der Waals surface area contributed by atoms with E-state index in [0.29, 0.717) is 19.4 Å². The van der Waals surface area contributed by atoms with Crippen molar-refractivity contribution in [3.8, 4) is 0 Å². The van der Waals surface area contributed by atoms with Crippen molar-refractivity contribution in [1.82, 2.24) is 15.4 Å². The molecular weight excluding hydrogens is 275 g/mol. The number of nitrogens with two attached hydrogens (primary N) is 1. The molecule has 2 amide bonds. The topological polar surface area (TPSA) is 93.0 Å². The summed E-state index contributed by atoms with van der Waals surface area (Å²) in [5, 5.41) is 0. The highest BCUT2D eigenvalue weighted by atomic mass is 19.1. The molecule has 4 N–H and O–H groups in total. The van der Waals surface area contributed by atoms with Gasteiger partial charge in [-0.1, -0.05) is 12.1 Å². The number of H-pyrrole nitrogens is 1. The van der Waals surface area contributed by atoms with Crippen molar-refractivity contribution < 1.29 is 14.0 Å². The molecule has 7 heteroatoms. The highest BCUT2D eigenvalue weighted by Crippen LogP contribution is 2.22. The number of hydrogen-bond donors (Lipinski definition) is 3. The number of nitrogens with one attached hydrogen (secondary N) is 2. The largest absolute Gasteiger partial charge is 0.351 e. The second kappa shape index (κ2) is 7.39. The fourth-order valence-corrected chi connectivity index (χ4v) is 2.08. The summed E-state index contributed by atoms with van der Waals surface area (Å²) in [7, 11) is 0. The number of nitrogens with zero attached hydrogens (tertiary/aromatic N) is 1. The molecule has 6 nitrogen and oxygen atoms in total. The Hall–Kier alpha value is -2.41. The van der Waals surface area contributed by atoms with Crippen LogP contribution < -0.4 is 11.2 Å². The first-order valence-electron chi connectivity index (χ1n) is 6.55. The van der Waals surface area contributed by atoms with E-state index in [1.54, 1.807) is 18.5 Å². The molecule has 2 aromatic rings. The number of urea groups is 1. The van der Waals surface area contributed by atoms with E-state index in [1.807, 2.05) is 6.20 Å². The van der Waals surface area contributed by atoms with Gasteiger partial charge in [0.15, 0.2) is 0 Å². The molecule has 0 saturated heterocycles. The van der Waals surface area contributed by atoms with Gasteiger partial charge in [0.2, 0.25) is 0 Å². The predicted molar refractivity (Wildman–Crippen MR) is 74.7 cm³/mol. The first-order valence-corrected chi connectivity index (χ1v) is 6.55. The lowest BCUT2D eigenvalue weighted by Crippen LogP contribution is -2.30. The lowest BCUT2D eigenvalue weighted by molar-refractivity contribution is 0.0594. The van der Waals surface area contributed by atoms with Crippen LogP contribution >= 0.6 is 0 Å². The van der Waals surface area contributed by atoms with E-state index in [0.717, 1.165) is 11.3 Å². The third kappa shape index (κ3) is 4.88. The molecule has 21 heavy (non-hydrogen) atoms. The summed E-state index contributed by atoms with van der Waals surface area (Å²) in [6.45, 7) is 0.307. The molecule has 0 saturated carbocycles. The minimum atomic E-state index is -0.732. The maximum absolute atomic E-state index is 12.9. The fourth-order valence-electron chi connectivity index (χ4n) is 2.08. The van der Waals surface area contributed by atoms with Crippen molar-refractivity contribution in [2.24, 2.45) is 5.73 Å². The van der Waals surface area contributed by atoms with Crippen LogP contribution in [-0.4, -0.2) is 22.6 Å². The number of imidazole rings is 1. The minimum absolute atomic E-state index is 0.0939. The Morgan fingerprint density at radius 3 is 2.81 bits per heavy atom. The van der Waals surface area contributed by atoms with E-state index in [9.17, 15) is 9.18 Å². The molecular formula is C14H17FN4O2. The number of benzene rings is 1. The highest BCUT2D eigenvalue weighted by Gasteiger charge is 2.15. The number of hydrogen-bond acceptors (Lipinski definition) is 3. The summed E-state index contributed by atoms with van der Waals surface area (Å²) in [4.78, 5) is 22.6. The molecule has 1 unspecified atom stereocenters. The lowest BCUT2D eigenvalue weighted by Gasteiger charge is -2.15. The number of halogens is 1. The molecule has 0 fully saturated rings. The van der Waals surface area contributed by atoms with Crippen molar-refractivity contribution in [1.29, 1.82) is 0 Å². The Morgan fingerprint density at radius 1 is 1.43 bits per heavy atom. The normalized spacial score (nSPS) is 12.0. The van der Waals surface area contributed by atoms with Gasteiger partial charge in [0.05, 0.1) is 18.6 Å². The van der Waals surface area contributed by atoms with Gasteiger partial charge in [-0.25, -0.2) is 19.6 Å². The van der Waals surface area contributed by atoms with E-state index in [4.69, 9.17) is 10.6 Å². The van der Waals surface area contributed by atoms with Gasteiger partial charge in [0.25, 0.3) is 0 Å². The van der Waals surface area contributed by atoms with E-state index in [1.165, 1.54) is 12.1 Å². The lowest BCUT2D eigenvalue weighted by atomic mass is 9.94. The maximum Gasteiger partial charge on any atom is 0.336 e. The summed E-state index contributed by atoms with van der Waals surface area (Å²) in [5.41, 5.74) is 8.89. The van der Waals surface area contributed by atoms with Crippen LogP contribution in [0.5, 0.6) is 0 Å². The number of carbonyl (C=O) groups excluding carboxylic acids is 1. The smallest absolute Gasteiger partial charge is 0.336 e. The number of carbonyl (C=O) groups is 1. The van der Waals surface area contributed by atoms with Crippen LogP contribution in [0.3, 0.4) is 0 Å². The van der Waals surface area contributed by atoms with E-state index < -0.39 is 6.03 Å². The SMILES string of the molecule is NC(=O)NOCCC(Cc1ccc(F)cc1)c1c[nH]cn1. The first kappa shape index (κ1) is 15.0. The van der Waals surface area contributed by atoms with E-state index >= 15 is 0 Å². The van der Waals surface area contributed by atoms with Gasteiger partial charge in [-0.2, -0.15) is 0 Å². The first-order chi connectivity index (χ1) is 10.1. The average Bonchev–Trinajstić information content (AvgIpc) is 2.98. The van der Waals surface area contributed by atoms with Crippen LogP contribution in [0.15, 0.2) is 36.8 Å². The molecule has 0 radical (unpaired) electrons. The second-order valence-electron chi connectivity index (χ2n) is 4.63. The Bertz CT molecular complexity index is 557. The quantitative estimate of drug-likeness (QED) is 0.537. The van der Waals surface area contributed by atoms with Gasteiger partial charge in [0, 0.05) is 12.1 Å². The Balaban J connectivity index is 1.96. The minimum Gasteiger partial charge on any atom is -0.351 e.